The minimum absolute atomic E-state index is 0.103. The van der Waals surface area contributed by atoms with Gasteiger partial charge in [-0.2, -0.15) is 0 Å². The highest BCUT2D eigenvalue weighted by Crippen LogP contribution is 2.32. The molecule has 1 unspecified atom stereocenters. The van der Waals surface area contributed by atoms with Crippen LogP contribution in [0, 0.1) is 0 Å². The molecule has 1 N–H and O–H groups in total. The number of pyridine rings is 1. The Kier molecular flexibility index (Phi) is 4.31. The Hall–Kier alpha value is -3.28. The summed E-state index contributed by atoms with van der Waals surface area (Å²) in [6.07, 6.45) is 5.98. The second-order valence-corrected chi connectivity index (χ2v) is 6.34. The molecule has 26 heavy (non-hydrogen) atoms. The first-order chi connectivity index (χ1) is 12.7. The van der Waals surface area contributed by atoms with Gasteiger partial charge in [0.05, 0.1) is 0 Å². The van der Waals surface area contributed by atoms with Gasteiger partial charge >= 0.3 is 0 Å². The van der Waals surface area contributed by atoms with Crippen LogP contribution in [0.25, 0.3) is 0 Å². The van der Waals surface area contributed by atoms with E-state index in [1.54, 1.807) is 24.7 Å². The van der Waals surface area contributed by atoms with Crippen LogP contribution in [0.1, 0.15) is 28.5 Å². The second kappa shape index (κ2) is 6.92. The summed E-state index contributed by atoms with van der Waals surface area (Å²) in [5, 5.41) is 3.14. The van der Waals surface area contributed by atoms with Gasteiger partial charge in [-0.15, -0.1) is 0 Å². The first-order valence-electron chi connectivity index (χ1n) is 8.59. The quantitative estimate of drug-likeness (QED) is 0.787. The Morgan fingerprint density at radius 1 is 1.19 bits per heavy atom. The number of rotatable bonds is 4. The van der Waals surface area contributed by atoms with Gasteiger partial charge < -0.3 is 10.2 Å². The number of aromatic nitrogens is 3. The number of para-hydroxylation sites is 1. The van der Waals surface area contributed by atoms with Gasteiger partial charge in [0.15, 0.2) is 0 Å². The molecule has 6 heteroatoms. The summed E-state index contributed by atoms with van der Waals surface area (Å²) in [6, 6.07) is 13.6. The van der Waals surface area contributed by atoms with Crippen LogP contribution in [0.2, 0.25) is 0 Å². The molecular formula is C20H19N5O. The van der Waals surface area contributed by atoms with Gasteiger partial charge in [0.1, 0.15) is 5.69 Å². The molecule has 1 aromatic carbocycles. The van der Waals surface area contributed by atoms with Crippen LogP contribution in [0.4, 0.5) is 11.6 Å². The molecular weight excluding hydrogens is 326 g/mol. The molecule has 0 bridgehead atoms. The zero-order valence-corrected chi connectivity index (χ0v) is 14.5. The van der Waals surface area contributed by atoms with Crippen molar-refractivity contribution < 1.29 is 4.79 Å². The molecule has 1 aliphatic rings. The van der Waals surface area contributed by atoms with E-state index in [0.29, 0.717) is 18.2 Å². The van der Waals surface area contributed by atoms with Gasteiger partial charge in [0.25, 0.3) is 5.91 Å². The van der Waals surface area contributed by atoms with Gasteiger partial charge in [0.2, 0.25) is 5.95 Å². The summed E-state index contributed by atoms with van der Waals surface area (Å²) in [5.41, 5.74) is 3.57. The van der Waals surface area contributed by atoms with Gasteiger partial charge in [-0.25, -0.2) is 9.97 Å². The maximum absolute atomic E-state index is 13.0. The maximum Gasteiger partial charge on any atom is 0.277 e. The van der Waals surface area contributed by atoms with Crippen molar-refractivity contribution in [2.24, 2.45) is 0 Å². The van der Waals surface area contributed by atoms with Crippen molar-refractivity contribution in [3.63, 3.8) is 0 Å². The molecule has 3 heterocycles. The largest absolute Gasteiger partial charge is 0.350 e. The van der Waals surface area contributed by atoms with Crippen LogP contribution >= 0.6 is 0 Å². The smallest absolute Gasteiger partial charge is 0.277 e. The summed E-state index contributed by atoms with van der Waals surface area (Å²) < 4.78 is 0. The van der Waals surface area contributed by atoms with Crippen LogP contribution in [0.3, 0.4) is 0 Å². The Labute approximate surface area is 151 Å². The van der Waals surface area contributed by atoms with E-state index in [-0.39, 0.29) is 11.9 Å². The first-order valence-corrected chi connectivity index (χ1v) is 8.59. The lowest BCUT2D eigenvalue weighted by Gasteiger charge is -2.22. The standard InChI is InChI=1S/C20H19N5O/c1-14-11-16-6-2-3-7-18(16)25(14)19(26)17-8-10-22-20(24-17)23-13-15-5-4-9-21-12-15/h2-10,12,14H,11,13H2,1H3,(H,22,23,24). The normalized spacial score (nSPS) is 15.6. The number of hydrogen-bond acceptors (Lipinski definition) is 5. The van der Waals surface area contributed by atoms with E-state index in [0.717, 1.165) is 17.7 Å². The molecule has 1 atom stereocenters. The van der Waals surface area contributed by atoms with Crippen molar-refractivity contribution >= 4 is 17.5 Å². The number of carbonyl (C=O) groups is 1. The van der Waals surface area contributed by atoms with E-state index in [9.17, 15) is 4.79 Å². The SMILES string of the molecule is CC1Cc2ccccc2N1C(=O)c1ccnc(NCc2cccnc2)n1. The van der Waals surface area contributed by atoms with Crippen molar-refractivity contribution in [3.05, 3.63) is 77.9 Å². The highest BCUT2D eigenvalue weighted by molar-refractivity contribution is 6.06. The van der Waals surface area contributed by atoms with Gasteiger partial charge in [-0.1, -0.05) is 24.3 Å². The first kappa shape index (κ1) is 16.2. The van der Waals surface area contributed by atoms with E-state index in [1.807, 2.05) is 35.2 Å². The van der Waals surface area contributed by atoms with Crippen molar-refractivity contribution in [2.75, 3.05) is 10.2 Å². The third-order valence-electron chi connectivity index (χ3n) is 4.47. The molecule has 3 aromatic rings. The number of anilines is 2. The van der Waals surface area contributed by atoms with Gasteiger partial charge in [-0.3, -0.25) is 9.78 Å². The summed E-state index contributed by atoms with van der Waals surface area (Å²) in [5.74, 6) is 0.328. The number of fused-ring (bicyclic) bond motifs is 1. The third kappa shape index (κ3) is 3.13. The summed E-state index contributed by atoms with van der Waals surface area (Å²) in [7, 11) is 0. The van der Waals surface area contributed by atoms with Crippen molar-refractivity contribution in [3.8, 4) is 0 Å². The van der Waals surface area contributed by atoms with E-state index in [4.69, 9.17) is 0 Å². The molecule has 0 spiro atoms. The molecule has 130 valence electrons. The fourth-order valence-electron chi connectivity index (χ4n) is 3.25. The fraction of sp³-hybridized carbons (Fsp3) is 0.200. The van der Waals surface area contributed by atoms with Crippen LogP contribution in [0.5, 0.6) is 0 Å². The predicted octanol–water partition coefficient (Wildman–Crippen LogP) is 3.08. The number of hydrogen-bond donors (Lipinski definition) is 1. The average Bonchev–Trinajstić information content (AvgIpc) is 3.02. The van der Waals surface area contributed by atoms with Crippen molar-refractivity contribution in [2.45, 2.75) is 25.9 Å². The average molecular weight is 345 g/mol. The zero-order chi connectivity index (χ0) is 17.9. The Bertz CT molecular complexity index is 928. The topological polar surface area (TPSA) is 71.0 Å². The monoisotopic (exact) mass is 345 g/mol. The zero-order valence-electron chi connectivity index (χ0n) is 14.5. The summed E-state index contributed by atoms with van der Waals surface area (Å²) in [6.45, 7) is 2.61. The lowest BCUT2D eigenvalue weighted by atomic mass is 10.1. The fourth-order valence-corrected chi connectivity index (χ4v) is 3.25. The molecule has 1 amide bonds. The molecule has 2 aromatic heterocycles. The Morgan fingerprint density at radius 2 is 2.08 bits per heavy atom. The summed E-state index contributed by atoms with van der Waals surface area (Å²) in [4.78, 5) is 27.6. The highest BCUT2D eigenvalue weighted by Gasteiger charge is 2.31. The minimum Gasteiger partial charge on any atom is -0.350 e. The third-order valence-corrected chi connectivity index (χ3v) is 4.47. The van der Waals surface area contributed by atoms with Crippen LogP contribution in [-0.4, -0.2) is 26.9 Å². The molecule has 0 radical (unpaired) electrons. The van der Waals surface area contributed by atoms with Crippen LogP contribution in [0.15, 0.2) is 61.1 Å². The minimum atomic E-state index is -0.103. The number of benzene rings is 1. The van der Waals surface area contributed by atoms with E-state index < -0.39 is 0 Å². The maximum atomic E-state index is 13.0. The Morgan fingerprint density at radius 3 is 2.92 bits per heavy atom. The second-order valence-electron chi connectivity index (χ2n) is 6.34. The molecule has 6 nitrogen and oxygen atoms in total. The summed E-state index contributed by atoms with van der Waals surface area (Å²) >= 11 is 0. The Balaban J connectivity index is 1.54. The molecule has 0 saturated carbocycles. The molecule has 4 rings (SSSR count). The highest BCUT2D eigenvalue weighted by atomic mass is 16.2. The predicted molar refractivity (Wildman–Crippen MR) is 100 cm³/mol. The van der Waals surface area contributed by atoms with E-state index in [1.165, 1.54) is 5.56 Å². The lowest BCUT2D eigenvalue weighted by molar-refractivity contribution is 0.0976. The molecule has 0 saturated heterocycles. The van der Waals surface area contributed by atoms with E-state index in [2.05, 4.69) is 33.3 Å². The number of carbonyl (C=O) groups excluding carboxylic acids is 1. The van der Waals surface area contributed by atoms with Crippen molar-refractivity contribution in [1.29, 1.82) is 0 Å². The van der Waals surface area contributed by atoms with Crippen LogP contribution < -0.4 is 10.2 Å². The lowest BCUT2D eigenvalue weighted by Crippen LogP contribution is -2.36. The molecule has 0 fully saturated rings. The van der Waals surface area contributed by atoms with Gasteiger partial charge in [0, 0.05) is 36.9 Å². The van der Waals surface area contributed by atoms with E-state index >= 15 is 0 Å². The molecule has 1 aliphatic heterocycles. The van der Waals surface area contributed by atoms with Crippen molar-refractivity contribution in [1.82, 2.24) is 15.0 Å². The molecule has 0 aliphatic carbocycles. The number of nitrogens with one attached hydrogen (secondary N) is 1. The number of nitrogens with zero attached hydrogens (tertiary/aromatic N) is 4. The van der Waals surface area contributed by atoms with Crippen LogP contribution in [-0.2, 0) is 13.0 Å². The van der Waals surface area contributed by atoms with Gasteiger partial charge in [-0.05, 0) is 42.7 Å². The number of amides is 1.